The lowest BCUT2D eigenvalue weighted by Gasteiger charge is -2.34. The van der Waals surface area contributed by atoms with Gasteiger partial charge in [-0.1, -0.05) is 12.2 Å². The molecule has 19 heavy (non-hydrogen) atoms. The number of likely N-dealkylation sites (N-methyl/N-ethyl adjacent to an activating group) is 1. The monoisotopic (exact) mass is 268 g/mol. The third-order valence-electron chi connectivity index (χ3n) is 3.68. The topological polar surface area (TPSA) is 69.6 Å². The van der Waals surface area contributed by atoms with Crippen molar-refractivity contribution in [3.05, 3.63) is 12.2 Å². The highest BCUT2D eigenvalue weighted by Gasteiger charge is 2.36. The molecule has 5 heteroatoms. The van der Waals surface area contributed by atoms with E-state index in [-0.39, 0.29) is 6.03 Å². The summed E-state index contributed by atoms with van der Waals surface area (Å²) in [6.45, 7) is 5.85. The fourth-order valence-electron chi connectivity index (χ4n) is 2.28. The van der Waals surface area contributed by atoms with Gasteiger partial charge in [-0.2, -0.15) is 0 Å². The molecule has 1 aliphatic carbocycles. The number of aliphatic carboxylic acids is 1. The van der Waals surface area contributed by atoms with E-state index >= 15 is 0 Å². The molecule has 2 N–H and O–H groups in total. The molecule has 1 rings (SSSR count). The van der Waals surface area contributed by atoms with Crippen LogP contribution in [0, 0.1) is 5.92 Å². The summed E-state index contributed by atoms with van der Waals surface area (Å²) in [5, 5.41) is 12.0. The average Bonchev–Trinajstić information content (AvgIpc) is 2.38. The number of carboxylic acids is 1. The molecule has 1 unspecified atom stereocenters. The van der Waals surface area contributed by atoms with Gasteiger partial charge in [-0.25, -0.2) is 9.59 Å². The Bertz CT molecular complexity index is 364. The van der Waals surface area contributed by atoms with E-state index in [1.807, 2.05) is 0 Å². The van der Waals surface area contributed by atoms with Crippen molar-refractivity contribution >= 4 is 12.0 Å². The molecule has 5 nitrogen and oxygen atoms in total. The highest BCUT2D eigenvalue weighted by Crippen LogP contribution is 2.18. The molecule has 0 bridgehead atoms. The smallest absolute Gasteiger partial charge is 0.329 e. The van der Waals surface area contributed by atoms with Gasteiger partial charge in [-0.3, -0.25) is 0 Å². The molecule has 0 aromatic carbocycles. The number of nitrogens with one attached hydrogen (secondary N) is 1. The van der Waals surface area contributed by atoms with E-state index in [4.69, 9.17) is 0 Å². The molecule has 108 valence electrons. The number of urea groups is 1. The first-order valence-electron chi connectivity index (χ1n) is 6.83. The molecule has 0 saturated heterocycles. The van der Waals surface area contributed by atoms with E-state index < -0.39 is 11.5 Å². The molecular formula is C14H24N2O3. The summed E-state index contributed by atoms with van der Waals surface area (Å²) in [6.07, 6.45) is 7.40. The molecule has 1 atom stereocenters. The molecular weight excluding hydrogens is 244 g/mol. The third kappa shape index (κ3) is 3.98. The zero-order valence-corrected chi connectivity index (χ0v) is 12.0. The van der Waals surface area contributed by atoms with Crippen LogP contribution in [0.1, 0.15) is 40.0 Å². The van der Waals surface area contributed by atoms with Crippen molar-refractivity contribution < 1.29 is 14.7 Å². The third-order valence-corrected chi connectivity index (χ3v) is 3.68. The first kappa shape index (κ1) is 15.5. The minimum atomic E-state index is -1.19. The number of allylic oxidation sites excluding steroid dienone is 2. The normalized spacial score (nSPS) is 19.0. The summed E-state index contributed by atoms with van der Waals surface area (Å²) < 4.78 is 0. The number of carboxylic acid groups (broad SMARTS) is 1. The van der Waals surface area contributed by atoms with Crippen LogP contribution in [-0.2, 0) is 4.79 Å². The SMILES string of the molecule is CCN(C(=O)NCC1CC=CCC1)C(C)(C)C(=O)O. The van der Waals surface area contributed by atoms with Gasteiger partial charge in [0.2, 0.25) is 0 Å². The Kier molecular flexibility index (Phi) is 5.39. The summed E-state index contributed by atoms with van der Waals surface area (Å²) >= 11 is 0. The van der Waals surface area contributed by atoms with E-state index in [1.165, 1.54) is 4.90 Å². The van der Waals surface area contributed by atoms with Crippen molar-refractivity contribution in [1.29, 1.82) is 0 Å². The summed E-state index contributed by atoms with van der Waals surface area (Å²) in [5.41, 5.74) is -1.19. The maximum Gasteiger partial charge on any atom is 0.329 e. The van der Waals surface area contributed by atoms with Crippen LogP contribution in [0.5, 0.6) is 0 Å². The Labute approximate surface area is 114 Å². The Morgan fingerprint density at radius 1 is 1.42 bits per heavy atom. The second-order valence-corrected chi connectivity index (χ2v) is 5.44. The van der Waals surface area contributed by atoms with Crippen LogP contribution >= 0.6 is 0 Å². The number of amides is 2. The lowest BCUT2D eigenvalue weighted by molar-refractivity contribution is -0.147. The standard InChI is InChI=1S/C14H24N2O3/c1-4-16(14(2,3)12(17)18)13(19)15-10-11-8-6-5-7-9-11/h5-6,11H,4,7-10H2,1-3H3,(H,15,19)(H,17,18). The number of hydrogen-bond acceptors (Lipinski definition) is 2. The van der Waals surface area contributed by atoms with Crippen molar-refractivity contribution in [2.45, 2.75) is 45.6 Å². The number of carbonyl (C=O) groups is 2. The van der Waals surface area contributed by atoms with Crippen LogP contribution in [0.2, 0.25) is 0 Å². The van der Waals surface area contributed by atoms with Gasteiger partial charge >= 0.3 is 12.0 Å². The summed E-state index contributed by atoms with van der Waals surface area (Å²) in [5.74, 6) is -0.536. The zero-order chi connectivity index (χ0) is 14.5. The van der Waals surface area contributed by atoms with E-state index in [0.717, 1.165) is 19.3 Å². The molecule has 0 aromatic heterocycles. The molecule has 0 fully saturated rings. The summed E-state index contributed by atoms with van der Waals surface area (Å²) in [7, 11) is 0. The van der Waals surface area contributed by atoms with E-state index in [0.29, 0.717) is 19.0 Å². The molecule has 0 saturated carbocycles. The second kappa shape index (κ2) is 6.59. The predicted octanol–water partition coefficient (Wildman–Crippen LogP) is 2.24. The molecule has 1 aliphatic rings. The summed E-state index contributed by atoms with van der Waals surface area (Å²) in [4.78, 5) is 24.7. The highest BCUT2D eigenvalue weighted by atomic mass is 16.4. The number of carbonyl (C=O) groups excluding carboxylic acids is 1. The molecule has 2 amide bonds. The Morgan fingerprint density at radius 3 is 2.58 bits per heavy atom. The van der Waals surface area contributed by atoms with Crippen LogP contribution < -0.4 is 5.32 Å². The molecule has 0 aliphatic heterocycles. The highest BCUT2D eigenvalue weighted by molar-refractivity contribution is 5.85. The Balaban J connectivity index is 2.54. The van der Waals surface area contributed by atoms with Crippen molar-refractivity contribution in [1.82, 2.24) is 10.2 Å². The van der Waals surface area contributed by atoms with Gasteiger partial charge in [0.05, 0.1) is 0 Å². The first-order valence-corrected chi connectivity index (χ1v) is 6.83. The van der Waals surface area contributed by atoms with Crippen molar-refractivity contribution in [2.24, 2.45) is 5.92 Å². The van der Waals surface area contributed by atoms with Gasteiger partial charge in [-0.05, 0) is 46.0 Å². The fraction of sp³-hybridized carbons (Fsp3) is 0.714. The minimum absolute atomic E-state index is 0.301. The number of nitrogens with zero attached hydrogens (tertiary/aromatic N) is 1. The largest absolute Gasteiger partial charge is 0.480 e. The lowest BCUT2D eigenvalue weighted by atomic mass is 9.94. The van der Waals surface area contributed by atoms with Gasteiger partial charge < -0.3 is 15.3 Å². The first-order chi connectivity index (χ1) is 8.89. The molecule has 0 radical (unpaired) electrons. The van der Waals surface area contributed by atoms with Crippen molar-refractivity contribution in [2.75, 3.05) is 13.1 Å². The Morgan fingerprint density at radius 2 is 2.11 bits per heavy atom. The number of hydrogen-bond donors (Lipinski definition) is 2. The van der Waals surface area contributed by atoms with Crippen molar-refractivity contribution in [3.8, 4) is 0 Å². The lowest BCUT2D eigenvalue weighted by Crippen LogP contribution is -2.56. The van der Waals surface area contributed by atoms with Crippen LogP contribution in [0.25, 0.3) is 0 Å². The average molecular weight is 268 g/mol. The van der Waals surface area contributed by atoms with Crippen molar-refractivity contribution in [3.63, 3.8) is 0 Å². The zero-order valence-electron chi connectivity index (χ0n) is 12.0. The fourth-order valence-corrected chi connectivity index (χ4v) is 2.28. The van der Waals surface area contributed by atoms with Gasteiger partial charge in [-0.15, -0.1) is 0 Å². The van der Waals surface area contributed by atoms with Crippen LogP contribution in [0.4, 0.5) is 4.79 Å². The molecule has 0 aromatic rings. The minimum Gasteiger partial charge on any atom is -0.480 e. The van der Waals surface area contributed by atoms with Gasteiger partial charge in [0.25, 0.3) is 0 Å². The Hall–Kier alpha value is -1.52. The maximum atomic E-state index is 12.1. The predicted molar refractivity (Wildman–Crippen MR) is 74.0 cm³/mol. The van der Waals surface area contributed by atoms with E-state index in [9.17, 15) is 14.7 Å². The van der Waals surface area contributed by atoms with Crippen LogP contribution in [0.15, 0.2) is 12.2 Å². The van der Waals surface area contributed by atoms with Crippen LogP contribution in [-0.4, -0.2) is 40.6 Å². The van der Waals surface area contributed by atoms with Crippen LogP contribution in [0.3, 0.4) is 0 Å². The van der Waals surface area contributed by atoms with Gasteiger partial charge in [0.1, 0.15) is 5.54 Å². The van der Waals surface area contributed by atoms with Gasteiger partial charge in [0.15, 0.2) is 0 Å². The van der Waals surface area contributed by atoms with Gasteiger partial charge in [0, 0.05) is 13.1 Å². The maximum absolute atomic E-state index is 12.1. The number of rotatable bonds is 5. The molecule has 0 spiro atoms. The summed E-state index contributed by atoms with van der Waals surface area (Å²) in [6, 6.07) is -0.301. The quantitative estimate of drug-likeness (QED) is 0.751. The van der Waals surface area contributed by atoms with E-state index in [1.54, 1.807) is 20.8 Å². The second-order valence-electron chi connectivity index (χ2n) is 5.44. The molecule has 0 heterocycles. The van der Waals surface area contributed by atoms with E-state index in [2.05, 4.69) is 17.5 Å².